The first-order valence-electron chi connectivity index (χ1n) is 5.82. The molecule has 0 bridgehead atoms. The van der Waals surface area contributed by atoms with Gasteiger partial charge < -0.3 is 5.73 Å². The summed E-state index contributed by atoms with van der Waals surface area (Å²) >= 11 is 7.91. The van der Waals surface area contributed by atoms with Gasteiger partial charge in [0.25, 0.3) is 0 Å². The average molecular weight is 455 g/mol. The monoisotopic (exact) mass is 453 g/mol. The van der Waals surface area contributed by atoms with Gasteiger partial charge in [0.15, 0.2) is 0 Å². The van der Waals surface area contributed by atoms with Crippen LogP contribution in [0.15, 0.2) is 37.6 Å². The molecular weight excluding hydrogens is 442 g/mol. The largest absolute Gasteiger partial charge is 0.398 e. The number of sulfonamides is 1. The zero-order valence-electron chi connectivity index (χ0n) is 11.2. The molecule has 0 aliphatic rings. The molecule has 0 saturated heterocycles. The SMILES string of the molecule is CC(C)(NS(=O)(=O)c1c(N)cc(Br)cc1Br)c1nccs1. The number of thiazole rings is 1. The number of nitrogen functional groups attached to an aromatic ring is 1. The van der Waals surface area contributed by atoms with Crippen molar-refractivity contribution in [1.29, 1.82) is 0 Å². The van der Waals surface area contributed by atoms with E-state index in [4.69, 9.17) is 5.73 Å². The van der Waals surface area contributed by atoms with Gasteiger partial charge in [-0.2, -0.15) is 4.72 Å². The van der Waals surface area contributed by atoms with E-state index in [9.17, 15) is 8.42 Å². The van der Waals surface area contributed by atoms with E-state index in [2.05, 4.69) is 41.6 Å². The Morgan fingerprint density at radius 3 is 2.52 bits per heavy atom. The summed E-state index contributed by atoms with van der Waals surface area (Å²) in [5.74, 6) is 0. The molecule has 0 spiro atoms. The summed E-state index contributed by atoms with van der Waals surface area (Å²) in [7, 11) is -3.80. The molecule has 0 unspecified atom stereocenters. The molecule has 1 heterocycles. The molecule has 2 rings (SSSR count). The van der Waals surface area contributed by atoms with Crippen molar-refractivity contribution in [3.63, 3.8) is 0 Å². The second-order valence-corrected chi connectivity index (χ2v) is 9.16. The Morgan fingerprint density at radius 2 is 2.00 bits per heavy atom. The lowest BCUT2D eigenvalue weighted by atomic mass is 10.1. The Kier molecular flexibility index (Phi) is 4.79. The summed E-state index contributed by atoms with van der Waals surface area (Å²) in [5, 5.41) is 2.48. The molecule has 114 valence electrons. The molecule has 0 aliphatic heterocycles. The van der Waals surface area contributed by atoms with Gasteiger partial charge >= 0.3 is 0 Å². The number of benzene rings is 1. The lowest BCUT2D eigenvalue weighted by Gasteiger charge is -2.24. The molecule has 3 N–H and O–H groups in total. The van der Waals surface area contributed by atoms with Crippen LogP contribution in [0, 0.1) is 0 Å². The highest BCUT2D eigenvalue weighted by atomic mass is 79.9. The van der Waals surface area contributed by atoms with Crippen LogP contribution in [0.4, 0.5) is 5.69 Å². The fraction of sp³-hybridized carbons (Fsp3) is 0.250. The number of hydrogen-bond donors (Lipinski definition) is 2. The highest BCUT2D eigenvalue weighted by molar-refractivity contribution is 9.11. The molecule has 0 saturated carbocycles. The Bertz CT molecular complexity index is 736. The number of hydrogen-bond acceptors (Lipinski definition) is 5. The minimum absolute atomic E-state index is 0.0235. The minimum atomic E-state index is -3.80. The summed E-state index contributed by atoms with van der Waals surface area (Å²) in [6, 6.07) is 3.19. The molecule has 2 aromatic rings. The maximum absolute atomic E-state index is 12.6. The molecule has 1 aromatic heterocycles. The third kappa shape index (κ3) is 3.65. The van der Waals surface area contributed by atoms with Crippen LogP contribution < -0.4 is 10.5 Å². The molecule has 0 amide bonds. The summed E-state index contributed by atoms with van der Waals surface area (Å²) in [4.78, 5) is 4.19. The van der Waals surface area contributed by atoms with Crippen LogP contribution >= 0.6 is 43.2 Å². The van der Waals surface area contributed by atoms with Crippen molar-refractivity contribution >= 4 is 58.9 Å². The fourth-order valence-electron chi connectivity index (χ4n) is 1.83. The number of nitrogens with two attached hydrogens (primary N) is 1. The number of nitrogens with one attached hydrogen (secondary N) is 1. The van der Waals surface area contributed by atoms with E-state index in [-0.39, 0.29) is 10.6 Å². The van der Waals surface area contributed by atoms with Crippen molar-refractivity contribution in [3.8, 4) is 0 Å². The molecule has 0 aliphatic carbocycles. The Labute approximate surface area is 144 Å². The molecular formula is C12H13Br2N3O2S2. The van der Waals surface area contributed by atoms with Crippen molar-refractivity contribution in [2.24, 2.45) is 0 Å². The molecule has 0 fully saturated rings. The first-order chi connectivity index (χ1) is 9.63. The quantitative estimate of drug-likeness (QED) is 0.692. The van der Waals surface area contributed by atoms with Gasteiger partial charge in [0.1, 0.15) is 9.90 Å². The van der Waals surface area contributed by atoms with Crippen LogP contribution in [-0.2, 0) is 15.6 Å². The second-order valence-electron chi connectivity index (χ2n) is 4.87. The molecule has 5 nitrogen and oxygen atoms in total. The Hall–Kier alpha value is -0.480. The molecule has 0 atom stereocenters. The van der Waals surface area contributed by atoms with E-state index in [1.165, 1.54) is 11.3 Å². The van der Waals surface area contributed by atoms with Gasteiger partial charge in [-0.3, -0.25) is 0 Å². The van der Waals surface area contributed by atoms with E-state index >= 15 is 0 Å². The highest BCUT2D eigenvalue weighted by Gasteiger charge is 2.32. The van der Waals surface area contributed by atoms with Gasteiger partial charge in [-0.15, -0.1) is 11.3 Å². The van der Waals surface area contributed by atoms with Gasteiger partial charge in [-0.05, 0) is 41.9 Å². The molecule has 9 heteroatoms. The first-order valence-corrected chi connectivity index (χ1v) is 9.77. The summed E-state index contributed by atoms with van der Waals surface area (Å²) in [6.45, 7) is 3.51. The predicted molar refractivity (Wildman–Crippen MR) is 91.7 cm³/mol. The zero-order valence-corrected chi connectivity index (χ0v) is 16.0. The smallest absolute Gasteiger partial charge is 0.244 e. The normalized spacial score (nSPS) is 12.6. The summed E-state index contributed by atoms with van der Waals surface area (Å²) < 4.78 is 29.0. The number of nitrogens with zero attached hydrogens (tertiary/aromatic N) is 1. The van der Waals surface area contributed by atoms with Crippen molar-refractivity contribution in [3.05, 3.63) is 37.7 Å². The number of anilines is 1. The number of aromatic nitrogens is 1. The second kappa shape index (κ2) is 5.96. The Balaban J connectivity index is 2.45. The first kappa shape index (κ1) is 16.9. The van der Waals surface area contributed by atoms with Crippen LogP contribution in [-0.4, -0.2) is 13.4 Å². The lowest BCUT2D eigenvalue weighted by molar-refractivity contribution is 0.470. The van der Waals surface area contributed by atoms with Gasteiger partial charge in [0.2, 0.25) is 10.0 Å². The van der Waals surface area contributed by atoms with Crippen LogP contribution in [0.1, 0.15) is 18.9 Å². The van der Waals surface area contributed by atoms with E-state index in [1.807, 2.05) is 0 Å². The molecule has 0 radical (unpaired) electrons. The van der Waals surface area contributed by atoms with E-state index in [0.29, 0.717) is 14.0 Å². The van der Waals surface area contributed by atoms with Crippen LogP contribution in [0.5, 0.6) is 0 Å². The van der Waals surface area contributed by atoms with Gasteiger partial charge in [0, 0.05) is 20.5 Å². The van der Waals surface area contributed by atoms with Crippen molar-refractivity contribution < 1.29 is 8.42 Å². The average Bonchev–Trinajstić information content (AvgIpc) is 2.78. The highest BCUT2D eigenvalue weighted by Crippen LogP contribution is 2.33. The van der Waals surface area contributed by atoms with Gasteiger partial charge in [-0.25, -0.2) is 13.4 Å². The minimum Gasteiger partial charge on any atom is -0.398 e. The van der Waals surface area contributed by atoms with Crippen LogP contribution in [0.3, 0.4) is 0 Å². The van der Waals surface area contributed by atoms with Crippen LogP contribution in [0.25, 0.3) is 0 Å². The maximum atomic E-state index is 12.6. The number of halogens is 2. The third-order valence-corrected chi connectivity index (χ3v) is 6.88. The van der Waals surface area contributed by atoms with Gasteiger partial charge in [-0.1, -0.05) is 15.9 Å². The fourth-order valence-corrected chi connectivity index (χ4v) is 6.06. The van der Waals surface area contributed by atoms with Crippen molar-refractivity contribution in [1.82, 2.24) is 9.71 Å². The maximum Gasteiger partial charge on any atom is 0.244 e. The van der Waals surface area contributed by atoms with E-state index in [0.717, 1.165) is 0 Å². The molecule has 1 aromatic carbocycles. The van der Waals surface area contributed by atoms with Crippen LogP contribution in [0.2, 0.25) is 0 Å². The topological polar surface area (TPSA) is 85.1 Å². The summed E-state index contributed by atoms with van der Waals surface area (Å²) in [5.41, 5.74) is 5.19. The van der Waals surface area contributed by atoms with Gasteiger partial charge in [0.05, 0.1) is 11.2 Å². The lowest BCUT2D eigenvalue weighted by Crippen LogP contribution is -2.41. The Morgan fingerprint density at radius 1 is 1.33 bits per heavy atom. The van der Waals surface area contributed by atoms with E-state index < -0.39 is 15.6 Å². The molecule has 21 heavy (non-hydrogen) atoms. The van der Waals surface area contributed by atoms with Crippen molar-refractivity contribution in [2.45, 2.75) is 24.3 Å². The standard InChI is InChI=1S/C12H13Br2N3O2S2/c1-12(2,11-16-3-4-20-11)17-21(18,19)10-8(14)5-7(13)6-9(10)15/h3-6,17H,15H2,1-2H3. The third-order valence-electron chi connectivity index (χ3n) is 2.66. The number of rotatable bonds is 4. The van der Waals surface area contributed by atoms with Crippen molar-refractivity contribution in [2.75, 3.05) is 5.73 Å². The zero-order chi connectivity index (χ0) is 15.8. The summed E-state index contributed by atoms with van der Waals surface area (Å²) in [6.07, 6.45) is 1.64. The van der Waals surface area contributed by atoms with E-state index in [1.54, 1.807) is 37.6 Å². The predicted octanol–water partition coefficient (Wildman–Crippen LogP) is 3.46.